The minimum Gasteiger partial charge on any atom is -0.493 e. The molecule has 0 saturated carbocycles. The van der Waals surface area contributed by atoms with Gasteiger partial charge in [-0.3, -0.25) is 0 Å². The molecule has 0 atom stereocenters. The van der Waals surface area contributed by atoms with Gasteiger partial charge in [-0.1, -0.05) is 41.0 Å². The lowest BCUT2D eigenvalue weighted by atomic mass is 9.98. The zero-order chi connectivity index (χ0) is 22.0. The number of rotatable bonds is 6. The summed E-state index contributed by atoms with van der Waals surface area (Å²) in [5, 5.41) is 13.4. The highest BCUT2D eigenvalue weighted by molar-refractivity contribution is 6.33. The molecule has 0 aliphatic rings. The van der Waals surface area contributed by atoms with Crippen LogP contribution in [0, 0.1) is 6.92 Å². The maximum atomic E-state index is 11.3. The lowest BCUT2D eigenvalue weighted by Gasteiger charge is -2.13. The summed E-state index contributed by atoms with van der Waals surface area (Å²) in [6, 6.07) is 18.4. The summed E-state index contributed by atoms with van der Waals surface area (Å²) >= 11 is 5.94. The number of ether oxygens (including phenoxy) is 1. The van der Waals surface area contributed by atoms with Gasteiger partial charge in [0.1, 0.15) is 5.75 Å². The highest BCUT2D eigenvalue weighted by Gasteiger charge is 2.17. The van der Waals surface area contributed by atoms with Gasteiger partial charge in [0, 0.05) is 16.7 Å². The standard InChI is InChI=1S/C24H19ClN2O4/c1-3-30-21-13-16(8-10-18(21)17-7-5-4-6-14(17)2)23-26-22(27-31-23)15-9-11-20(25)19(12-15)24(28)29/h4-13H,3H2,1-2H3,(H,28,29). The van der Waals surface area contributed by atoms with Crippen LogP contribution >= 0.6 is 11.6 Å². The van der Waals surface area contributed by atoms with Crippen molar-refractivity contribution in [3.63, 3.8) is 0 Å². The average Bonchev–Trinajstić information content (AvgIpc) is 3.25. The molecule has 0 fully saturated rings. The molecule has 1 N–H and O–H groups in total. The summed E-state index contributed by atoms with van der Waals surface area (Å²) in [6.45, 7) is 4.50. The number of carboxylic acid groups (broad SMARTS) is 1. The summed E-state index contributed by atoms with van der Waals surface area (Å²) in [6.07, 6.45) is 0. The lowest BCUT2D eigenvalue weighted by molar-refractivity contribution is 0.0697. The lowest BCUT2D eigenvalue weighted by Crippen LogP contribution is -1.98. The second-order valence-electron chi connectivity index (χ2n) is 6.88. The summed E-state index contributed by atoms with van der Waals surface area (Å²) in [5.74, 6) is 0.173. The molecule has 0 saturated heterocycles. The van der Waals surface area contributed by atoms with Gasteiger partial charge in [0.05, 0.1) is 17.2 Å². The van der Waals surface area contributed by atoms with Gasteiger partial charge in [0.15, 0.2) is 0 Å². The highest BCUT2D eigenvalue weighted by Crippen LogP contribution is 2.36. The van der Waals surface area contributed by atoms with Gasteiger partial charge in [-0.15, -0.1) is 0 Å². The van der Waals surface area contributed by atoms with Crippen LogP contribution in [0.2, 0.25) is 5.02 Å². The number of hydrogen-bond acceptors (Lipinski definition) is 5. The number of benzene rings is 3. The Morgan fingerprint density at radius 2 is 1.84 bits per heavy atom. The monoisotopic (exact) mass is 434 g/mol. The molecule has 6 nitrogen and oxygen atoms in total. The zero-order valence-electron chi connectivity index (χ0n) is 16.9. The first-order valence-corrected chi connectivity index (χ1v) is 10.1. The SMILES string of the molecule is CCOc1cc(-c2nc(-c3ccc(Cl)c(C(=O)O)c3)no2)ccc1-c1ccccc1C. The number of hydrogen-bond donors (Lipinski definition) is 1. The average molecular weight is 435 g/mol. The Kier molecular flexibility index (Phi) is 5.73. The van der Waals surface area contributed by atoms with Crippen LogP contribution in [0.5, 0.6) is 5.75 Å². The Balaban J connectivity index is 1.72. The minimum atomic E-state index is -1.12. The summed E-state index contributed by atoms with van der Waals surface area (Å²) in [7, 11) is 0. The smallest absolute Gasteiger partial charge is 0.337 e. The quantitative estimate of drug-likeness (QED) is 0.393. The zero-order valence-corrected chi connectivity index (χ0v) is 17.7. The van der Waals surface area contributed by atoms with Crippen LogP contribution in [-0.4, -0.2) is 27.8 Å². The molecular weight excluding hydrogens is 416 g/mol. The van der Waals surface area contributed by atoms with Gasteiger partial charge in [-0.25, -0.2) is 4.79 Å². The van der Waals surface area contributed by atoms with Crippen molar-refractivity contribution >= 4 is 17.6 Å². The maximum absolute atomic E-state index is 11.3. The Bertz CT molecular complexity index is 1270. The molecule has 0 unspecified atom stereocenters. The van der Waals surface area contributed by atoms with Crippen LogP contribution in [0.15, 0.2) is 65.2 Å². The van der Waals surface area contributed by atoms with E-state index in [4.69, 9.17) is 20.9 Å². The first-order valence-electron chi connectivity index (χ1n) is 9.68. The normalized spacial score (nSPS) is 10.8. The van der Waals surface area contributed by atoms with Crippen molar-refractivity contribution in [2.45, 2.75) is 13.8 Å². The first kappa shape index (κ1) is 20.6. The van der Waals surface area contributed by atoms with E-state index >= 15 is 0 Å². The van der Waals surface area contributed by atoms with Crippen LogP contribution < -0.4 is 4.74 Å². The Labute approximate surface area is 184 Å². The van der Waals surface area contributed by atoms with Crippen molar-refractivity contribution in [1.29, 1.82) is 0 Å². The molecular formula is C24H19ClN2O4. The Morgan fingerprint density at radius 3 is 2.58 bits per heavy atom. The number of carboxylic acids is 1. The number of aromatic nitrogens is 2. The number of carbonyl (C=O) groups is 1. The molecule has 1 aromatic heterocycles. The molecule has 0 bridgehead atoms. The first-order chi connectivity index (χ1) is 15.0. The van der Waals surface area contributed by atoms with Crippen molar-refractivity contribution < 1.29 is 19.2 Å². The van der Waals surface area contributed by atoms with E-state index in [-0.39, 0.29) is 16.4 Å². The molecule has 0 aliphatic heterocycles. The second-order valence-corrected chi connectivity index (χ2v) is 7.29. The van der Waals surface area contributed by atoms with E-state index in [0.29, 0.717) is 29.4 Å². The highest BCUT2D eigenvalue weighted by atomic mass is 35.5. The fourth-order valence-corrected chi connectivity index (χ4v) is 3.51. The third-order valence-corrected chi connectivity index (χ3v) is 5.17. The van der Waals surface area contributed by atoms with E-state index in [1.165, 1.54) is 12.1 Å². The number of nitrogens with zero attached hydrogens (tertiary/aromatic N) is 2. The van der Waals surface area contributed by atoms with Gasteiger partial charge in [0.25, 0.3) is 5.89 Å². The van der Waals surface area contributed by atoms with Crippen LogP contribution in [0.1, 0.15) is 22.8 Å². The molecule has 4 aromatic rings. The summed E-state index contributed by atoms with van der Waals surface area (Å²) in [4.78, 5) is 15.8. The molecule has 3 aromatic carbocycles. The molecule has 1 heterocycles. The largest absolute Gasteiger partial charge is 0.493 e. The molecule has 0 spiro atoms. The molecule has 0 radical (unpaired) electrons. The van der Waals surface area contributed by atoms with E-state index in [1.54, 1.807) is 6.07 Å². The fourth-order valence-electron chi connectivity index (χ4n) is 3.31. The van der Waals surface area contributed by atoms with Gasteiger partial charge in [-0.2, -0.15) is 4.98 Å². The van der Waals surface area contributed by atoms with Crippen molar-refractivity contribution in [1.82, 2.24) is 10.1 Å². The maximum Gasteiger partial charge on any atom is 0.337 e. The van der Waals surface area contributed by atoms with Gasteiger partial charge < -0.3 is 14.4 Å². The van der Waals surface area contributed by atoms with E-state index in [1.807, 2.05) is 37.3 Å². The van der Waals surface area contributed by atoms with Crippen molar-refractivity contribution in [2.75, 3.05) is 6.61 Å². The second kappa shape index (κ2) is 8.62. The Morgan fingerprint density at radius 1 is 1.06 bits per heavy atom. The third kappa shape index (κ3) is 4.15. The predicted molar refractivity (Wildman–Crippen MR) is 118 cm³/mol. The molecule has 156 valence electrons. The molecule has 4 rings (SSSR count). The number of halogens is 1. The minimum absolute atomic E-state index is 0.0215. The number of aryl methyl sites for hydroxylation is 1. The summed E-state index contributed by atoms with van der Waals surface area (Å²) in [5.41, 5.74) is 4.39. The third-order valence-electron chi connectivity index (χ3n) is 4.84. The van der Waals surface area contributed by atoms with Crippen molar-refractivity contribution in [2.24, 2.45) is 0 Å². The topological polar surface area (TPSA) is 85.5 Å². The van der Waals surface area contributed by atoms with Gasteiger partial charge in [-0.05, 0) is 61.4 Å². The van der Waals surface area contributed by atoms with Crippen LogP contribution in [0.4, 0.5) is 0 Å². The van der Waals surface area contributed by atoms with Crippen molar-refractivity contribution in [3.8, 4) is 39.7 Å². The number of aromatic carboxylic acids is 1. The molecule has 31 heavy (non-hydrogen) atoms. The van der Waals surface area contributed by atoms with E-state index in [0.717, 1.165) is 16.7 Å². The Hall–Kier alpha value is -3.64. The predicted octanol–water partition coefficient (Wildman–Crippen LogP) is 6.13. The fraction of sp³-hybridized carbons (Fsp3) is 0.125. The van der Waals surface area contributed by atoms with Crippen LogP contribution in [0.25, 0.3) is 34.0 Å². The van der Waals surface area contributed by atoms with E-state index < -0.39 is 5.97 Å². The molecule has 0 amide bonds. The van der Waals surface area contributed by atoms with Gasteiger partial charge in [0.2, 0.25) is 5.82 Å². The van der Waals surface area contributed by atoms with Crippen LogP contribution in [0.3, 0.4) is 0 Å². The van der Waals surface area contributed by atoms with E-state index in [2.05, 4.69) is 29.2 Å². The van der Waals surface area contributed by atoms with E-state index in [9.17, 15) is 9.90 Å². The van der Waals surface area contributed by atoms with Gasteiger partial charge >= 0.3 is 5.97 Å². The van der Waals surface area contributed by atoms with Crippen molar-refractivity contribution in [3.05, 3.63) is 76.8 Å². The molecule has 0 aliphatic carbocycles. The summed E-state index contributed by atoms with van der Waals surface area (Å²) < 4.78 is 11.3. The van der Waals surface area contributed by atoms with Crippen LogP contribution in [-0.2, 0) is 0 Å². The molecule has 7 heteroatoms.